The summed E-state index contributed by atoms with van der Waals surface area (Å²) in [6.45, 7) is 0. The minimum atomic E-state index is -0.0433. The lowest BCUT2D eigenvalue weighted by molar-refractivity contribution is 0.405. The summed E-state index contributed by atoms with van der Waals surface area (Å²) in [5.74, 6) is 0.779. The van der Waals surface area contributed by atoms with Crippen molar-refractivity contribution in [1.82, 2.24) is 4.98 Å². The molecule has 0 fully saturated rings. The van der Waals surface area contributed by atoms with Gasteiger partial charge in [0.25, 0.3) is 0 Å². The average molecular weight is 218 g/mol. The summed E-state index contributed by atoms with van der Waals surface area (Å²) in [5.41, 5.74) is 8.63. The first-order valence-electron chi connectivity index (χ1n) is 5.75. The molecule has 0 aromatic carbocycles. The lowest BCUT2D eigenvalue weighted by atomic mass is 9.90. The van der Waals surface area contributed by atoms with Crippen molar-refractivity contribution in [3.63, 3.8) is 0 Å². The van der Waals surface area contributed by atoms with E-state index < -0.39 is 0 Å². The number of ether oxygens (including phenoxy) is 1. The Morgan fingerprint density at radius 2 is 2.31 bits per heavy atom. The van der Waals surface area contributed by atoms with Gasteiger partial charge in [-0.1, -0.05) is 11.6 Å². The molecule has 1 aromatic rings. The van der Waals surface area contributed by atoms with E-state index in [4.69, 9.17) is 10.5 Å². The molecule has 0 aliphatic heterocycles. The molecular formula is C13H18N2O. The number of allylic oxidation sites excluding steroid dienone is 1. The van der Waals surface area contributed by atoms with Crippen molar-refractivity contribution >= 4 is 0 Å². The van der Waals surface area contributed by atoms with Gasteiger partial charge in [-0.05, 0) is 31.7 Å². The number of nitrogens with two attached hydrogens (primary N) is 1. The van der Waals surface area contributed by atoms with Crippen LogP contribution >= 0.6 is 0 Å². The largest absolute Gasteiger partial charge is 0.495 e. The van der Waals surface area contributed by atoms with Crippen LogP contribution in [0.1, 0.15) is 37.3 Å². The zero-order chi connectivity index (χ0) is 11.4. The van der Waals surface area contributed by atoms with Crippen molar-refractivity contribution in [2.75, 3.05) is 7.11 Å². The van der Waals surface area contributed by atoms with Crippen molar-refractivity contribution < 1.29 is 4.74 Å². The molecule has 1 aliphatic carbocycles. The van der Waals surface area contributed by atoms with Crippen LogP contribution in [0.15, 0.2) is 30.1 Å². The van der Waals surface area contributed by atoms with Crippen molar-refractivity contribution in [1.29, 1.82) is 0 Å². The molecule has 0 bridgehead atoms. The Kier molecular flexibility index (Phi) is 3.57. The van der Waals surface area contributed by atoms with Crippen LogP contribution < -0.4 is 10.5 Å². The third-order valence-corrected chi connectivity index (χ3v) is 3.10. The molecule has 0 saturated heterocycles. The predicted molar refractivity (Wildman–Crippen MR) is 64.3 cm³/mol. The number of nitrogens with zero attached hydrogens (tertiary/aromatic N) is 1. The Morgan fingerprint density at radius 3 is 3.00 bits per heavy atom. The Balaban J connectivity index is 2.25. The predicted octanol–water partition coefficient (Wildman–Crippen LogP) is 2.59. The zero-order valence-corrected chi connectivity index (χ0v) is 9.65. The van der Waals surface area contributed by atoms with Gasteiger partial charge in [-0.3, -0.25) is 4.98 Å². The maximum atomic E-state index is 6.27. The van der Waals surface area contributed by atoms with Gasteiger partial charge < -0.3 is 10.5 Å². The SMILES string of the molecule is COc1cnccc1C(N)C1=CCCCC1. The molecule has 1 unspecified atom stereocenters. The van der Waals surface area contributed by atoms with E-state index in [0.29, 0.717) is 0 Å². The van der Waals surface area contributed by atoms with Gasteiger partial charge in [0.15, 0.2) is 0 Å². The fourth-order valence-corrected chi connectivity index (χ4v) is 2.16. The number of hydrogen-bond donors (Lipinski definition) is 1. The number of aromatic nitrogens is 1. The summed E-state index contributed by atoms with van der Waals surface area (Å²) in [6, 6.07) is 1.90. The van der Waals surface area contributed by atoms with Crippen molar-refractivity contribution in [3.8, 4) is 5.75 Å². The lowest BCUT2D eigenvalue weighted by Gasteiger charge is -2.21. The molecule has 86 valence electrons. The second kappa shape index (κ2) is 5.12. The maximum absolute atomic E-state index is 6.27. The number of hydrogen-bond acceptors (Lipinski definition) is 3. The molecule has 1 aromatic heterocycles. The minimum Gasteiger partial charge on any atom is -0.495 e. The third-order valence-electron chi connectivity index (χ3n) is 3.10. The van der Waals surface area contributed by atoms with E-state index in [9.17, 15) is 0 Å². The van der Waals surface area contributed by atoms with Gasteiger partial charge in [0.2, 0.25) is 0 Å². The maximum Gasteiger partial charge on any atom is 0.142 e. The standard InChI is InChI=1S/C13H18N2O/c1-16-12-9-15-8-7-11(12)13(14)10-5-3-2-4-6-10/h5,7-9,13H,2-4,6,14H2,1H3. The van der Waals surface area contributed by atoms with E-state index in [-0.39, 0.29) is 6.04 Å². The topological polar surface area (TPSA) is 48.1 Å². The number of methoxy groups -OCH3 is 1. The highest BCUT2D eigenvalue weighted by Gasteiger charge is 2.17. The third kappa shape index (κ3) is 2.25. The smallest absolute Gasteiger partial charge is 0.142 e. The lowest BCUT2D eigenvalue weighted by Crippen LogP contribution is -2.16. The van der Waals surface area contributed by atoms with Gasteiger partial charge in [0.1, 0.15) is 5.75 Å². The van der Waals surface area contributed by atoms with Crippen LogP contribution in [0, 0.1) is 0 Å². The van der Waals surface area contributed by atoms with E-state index in [1.807, 2.05) is 6.07 Å². The first kappa shape index (κ1) is 11.1. The highest BCUT2D eigenvalue weighted by molar-refractivity contribution is 5.37. The van der Waals surface area contributed by atoms with E-state index in [2.05, 4.69) is 11.1 Å². The normalized spacial score (nSPS) is 17.8. The average Bonchev–Trinajstić information content (AvgIpc) is 2.39. The number of rotatable bonds is 3. The summed E-state index contributed by atoms with van der Waals surface area (Å²) in [4.78, 5) is 4.04. The van der Waals surface area contributed by atoms with Crippen molar-refractivity contribution in [2.45, 2.75) is 31.7 Å². The monoisotopic (exact) mass is 218 g/mol. The van der Waals surface area contributed by atoms with E-state index in [1.165, 1.54) is 18.4 Å². The summed E-state index contributed by atoms with van der Waals surface area (Å²) in [5, 5.41) is 0. The Hall–Kier alpha value is -1.35. The fraction of sp³-hybridized carbons (Fsp3) is 0.462. The van der Waals surface area contributed by atoms with Gasteiger partial charge in [-0.25, -0.2) is 0 Å². The molecule has 3 nitrogen and oxygen atoms in total. The summed E-state index contributed by atoms with van der Waals surface area (Å²) in [6.07, 6.45) is 10.5. The molecule has 3 heteroatoms. The Bertz CT molecular complexity index is 387. The van der Waals surface area contributed by atoms with E-state index >= 15 is 0 Å². The van der Waals surface area contributed by atoms with Gasteiger partial charge in [0, 0.05) is 11.8 Å². The van der Waals surface area contributed by atoms with Crippen molar-refractivity contribution in [3.05, 3.63) is 35.7 Å². The highest BCUT2D eigenvalue weighted by atomic mass is 16.5. The van der Waals surface area contributed by atoms with Gasteiger partial charge in [-0.2, -0.15) is 0 Å². The molecule has 2 rings (SSSR count). The number of pyridine rings is 1. The molecule has 1 aliphatic rings. The molecule has 0 radical (unpaired) electrons. The molecule has 2 N–H and O–H groups in total. The van der Waals surface area contributed by atoms with Crippen LogP contribution in [0.2, 0.25) is 0 Å². The highest BCUT2D eigenvalue weighted by Crippen LogP contribution is 2.32. The van der Waals surface area contributed by atoms with Gasteiger partial charge >= 0.3 is 0 Å². The Morgan fingerprint density at radius 1 is 1.44 bits per heavy atom. The second-order valence-electron chi connectivity index (χ2n) is 4.12. The zero-order valence-electron chi connectivity index (χ0n) is 9.65. The second-order valence-corrected chi connectivity index (χ2v) is 4.12. The van der Waals surface area contributed by atoms with Crippen LogP contribution in [0.5, 0.6) is 5.75 Å². The quantitative estimate of drug-likeness (QED) is 0.793. The Labute approximate surface area is 96.3 Å². The van der Waals surface area contributed by atoms with Crippen LogP contribution in [-0.2, 0) is 0 Å². The molecule has 0 spiro atoms. The fourth-order valence-electron chi connectivity index (χ4n) is 2.16. The summed E-state index contributed by atoms with van der Waals surface area (Å²) in [7, 11) is 1.66. The van der Waals surface area contributed by atoms with E-state index in [0.717, 1.165) is 24.2 Å². The van der Waals surface area contributed by atoms with Crippen molar-refractivity contribution in [2.24, 2.45) is 5.73 Å². The van der Waals surface area contributed by atoms with Gasteiger partial charge in [-0.15, -0.1) is 0 Å². The van der Waals surface area contributed by atoms with Crippen LogP contribution in [0.4, 0.5) is 0 Å². The molecule has 0 amide bonds. The molecule has 16 heavy (non-hydrogen) atoms. The van der Waals surface area contributed by atoms with E-state index in [1.54, 1.807) is 19.5 Å². The van der Waals surface area contributed by atoms with Gasteiger partial charge in [0.05, 0.1) is 19.3 Å². The molecule has 1 atom stereocenters. The van der Waals surface area contributed by atoms with Crippen LogP contribution in [0.3, 0.4) is 0 Å². The summed E-state index contributed by atoms with van der Waals surface area (Å²) < 4.78 is 5.29. The van der Waals surface area contributed by atoms with Crippen LogP contribution in [0.25, 0.3) is 0 Å². The van der Waals surface area contributed by atoms with Crippen LogP contribution in [-0.4, -0.2) is 12.1 Å². The molecule has 1 heterocycles. The summed E-state index contributed by atoms with van der Waals surface area (Å²) >= 11 is 0. The first-order valence-corrected chi connectivity index (χ1v) is 5.75. The molecular weight excluding hydrogens is 200 g/mol. The first-order chi connectivity index (χ1) is 7.83. The minimum absolute atomic E-state index is 0.0433. The molecule has 0 saturated carbocycles.